The monoisotopic (exact) mass is 286 g/mol. The maximum Gasteiger partial charge on any atom is 0.395 e. The second-order valence-corrected chi connectivity index (χ2v) is 5.16. The summed E-state index contributed by atoms with van der Waals surface area (Å²) >= 11 is 1.11. The Morgan fingerprint density at radius 3 is 2.47 bits per heavy atom. The van der Waals surface area contributed by atoms with Crippen LogP contribution in [0.25, 0.3) is 10.4 Å². The molecule has 0 aliphatic rings. The van der Waals surface area contributed by atoms with Crippen LogP contribution in [0.15, 0.2) is 30.3 Å². The molecule has 2 nitrogen and oxygen atoms in total. The summed E-state index contributed by atoms with van der Waals surface area (Å²) in [6.45, 7) is 0.457. The number of hydrogen-bond acceptors (Lipinski definition) is 3. The normalized spacial score (nSPS) is 11.8. The first kappa shape index (κ1) is 14.0. The smallest absolute Gasteiger partial charge is 0.314 e. The Labute approximate surface area is 113 Å². The summed E-state index contributed by atoms with van der Waals surface area (Å²) in [4.78, 5) is 4.90. The molecule has 0 amide bonds. The number of nitrogens with one attached hydrogen (secondary N) is 1. The van der Waals surface area contributed by atoms with Crippen molar-refractivity contribution in [2.45, 2.75) is 19.1 Å². The second kappa shape index (κ2) is 5.71. The molecule has 1 aromatic heterocycles. The van der Waals surface area contributed by atoms with Gasteiger partial charge >= 0.3 is 6.18 Å². The topological polar surface area (TPSA) is 24.9 Å². The largest absolute Gasteiger partial charge is 0.395 e. The lowest BCUT2D eigenvalue weighted by Crippen LogP contribution is -2.12. The first-order chi connectivity index (χ1) is 8.99. The maximum atomic E-state index is 12.4. The Morgan fingerprint density at radius 2 is 1.89 bits per heavy atom. The van der Waals surface area contributed by atoms with Gasteiger partial charge < -0.3 is 5.32 Å². The minimum absolute atomic E-state index is 0.108. The molecule has 0 atom stereocenters. The van der Waals surface area contributed by atoms with Crippen LogP contribution in [0.3, 0.4) is 0 Å². The van der Waals surface area contributed by atoms with Gasteiger partial charge in [0.2, 0.25) is 0 Å². The molecule has 0 radical (unpaired) electrons. The molecule has 1 aromatic carbocycles. The number of rotatable bonds is 4. The SMILES string of the molecule is CNCc1nc(CC(F)(F)F)sc1-c1ccccc1. The van der Waals surface area contributed by atoms with E-state index >= 15 is 0 Å². The van der Waals surface area contributed by atoms with Crippen LogP contribution in [0.4, 0.5) is 13.2 Å². The van der Waals surface area contributed by atoms with Gasteiger partial charge in [-0.3, -0.25) is 0 Å². The van der Waals surface area contributed by atoms with Crippen LogP contribution in [0.1, 0.15) is 10.7 Å². The molecule has 0 spiro atoms. The number of halogens is 3. The summed E-state index contributed by atoms with van der Waals surface area (Å²) < 4.78 is 37.3. The summed E-state index contributed by atoms with van der Waals surface area (Å²) in [5, 5.41) is 3.04. The molecule has 1 N–H and O–H groups in total. The Bertz CT molecular complexity index is 535. The van der Waals surface area contributed by atoms with Crippen molar-refractivity contribution < 1.29 is 13.2 Å². The van der Waals surface area contributed by atoms with Gasteiger partial charge in [0, 0.05) is 6.54 Å². The Hall–Kier alpha value is -1.40. The van der Waals surface area contributed by atoms with E-state index in [0.29, 0.717) is 12.2 Å². The molecule has 0 saturated carbocycles. The summed E-state index contributed by atoms with van der Waals surface area (Å²) in [5.74, 6) is 0. The van der Waals surface area contributed by atoms with Crippen molar-refractivity contribution in [3.8, 4) is 10.4 Å². The molecule has 0 fully saturated rings. The fourth-order valence-corrected chi connectivity index (χ4v) is 2.87. The van der Waals surface area contributed by atoms with E-state index in [0.717, 1.165) is 21.8 Å². The lowest BCUT2D eigenvalue weighted by molar-refractivity contribution is -0.127. The van der Waals surface area contributed by atoms with Gasteiger partial charge in [-0.15, -0.1) is 11.3 Å². The van der Waals surface area contributed by atoms with Crippen LogP contribution in [0.2, 0.25) is 0 Å². The van der Waals surface area contributed by atoms with Crippen molar-refractivity contribution in [2.75, 3.05) is 7.05 Å². The molecular formula is C13H13F3N2S. The van der Waals surface area contributed by atoms with E-state index in [-0.39, 0.29) is 5.01 Å². The van der Waals surface area contributed by atoms with E-state index < -0.39 is 12.6 Å². The van der Waals surface area contributed by atoms with Crippen LogP contribution in [-0.2, 0) is 13.0 Å². The van der Waals surface area contributed by atoms with Crippen molar-refractivity contribution in [1.82, 2.24) is 10.3 Å². The second-order valence-electron chi connectivity index (χ2n) is 4.07. The highest BCUT2D eigenvalue weighted by Gasteiger charge is 2.30. The molecule has 2 rings (SSSR count). The Balaban J connectivity index is 2.36. The minimum Gasteiger partial charge on any atom is -0.314 e. The van der Waals surface area contributed by atoms with Crippen LogP contribution in [0.5, 0.6) is 0 Å². The summed E-state index contributed by atoms with van der Waals surface area (Å²) in [6, 6.07) is 9.36. The van der Waals surface area contributed by atoms with E-state index in [4.69, 9.17) is 0 Å². The number of benzene rings is 1. The molecule has 0 saturated heterocycles. The highest BCUT2D eigenvalue weighted by Crippen LogP contribution is 2.33. The third-order valence-electron chi connectivity index (χ3n) is 2.47. The lowest BCUT2D eigenvalue weighted by atomic mass is 10.1. The van der Waals surface area contributed by atoms with E-state index in [1.54, 1.807) is 7.05 Å². The van der Waals surface area contributed by atoms with Crippen LogP contribution in [-0.4, -0.2) is 18.2 Å². The first-order valence-corrected chi connectivity index (χ1v) is 6.56. The molecule has 0 aliphatic heterocycles. The third kappa shape index (κ3) is 3.78. The Kier molecular flexibility index (Phi) is 4.21. The molecule has 0 unspecified atom stereocenters. The fourth-order valence-electron chi connectivity index (χ4n) is 1.75. The zero-order valence-corrected chi connectivity index (χ0v) is 11.1. The molecular weight excluding hydrogens is 273 g/mol. The van der Waals surface area contributed by atoms with Gasteiger partial charge in [0.25, 0.3) is 0 Å². The molecule has 2 aromatic rings. The quantitative estimate of drug-likeness (QED) is 0.928. The average molecular weight is 286 g/mol. The summed E-state index contributed by atoms with van der Waals surface area (Å²) in [5.41, 5.74) is 1.57. The van der Waals surface area contributed by atoms with Gasteiger partial charge in [0.15, 0.2) is 0 Å². The van der Waals surface area contributed by atoms with Gasteiger partial charge in [-0.1, -0.05) is 30.3 Å². The highest BCUT2D eigenvalue weighted by molar-refractivity contribution is 7.15. The van der Waals surface area contributed by atoms with Gasteiger partial charge in [-0.25, -0.2) is 4.98 Å². The fraction of sp³-hybridized carbons (Fsp3) is 0.308. The number of aromatic nitrogens is 1. The zero-order valence-electron chi connectivity index (χ0n) is 10.3. The highest BCUT2D eigenvalue weighted by atomic mass is 32.1. The first-order valence-electron chi connectivity index (χ1n) is 5.75. The van der Waals surface area contributed by atoms with Crippen LogP contribution >= 0.6 is 11.3 Å². The predicted molar refractivity (Wildman–Crippen MR) is 70.1 cm³/mol. The van der Waals surface area contributed by atoms with E-state index in [2.05, 4.69) is 10.3 Å². The molecule has 1 heterocycles. The van der Waals surface area contributed by atoms with E-state index in [1.807, 2.05) is 30.3 Å². The maximum absolute atomic E-state index is 12.4. The van der Waals surface area contributed by atoms with Crippen molar-refractivity contribution in [2.24, 2.45) is 0 Å². The lowest BCUT2D eigenvalue weighted by Gasteiger charge is -2.01. The van der Waals surface area contributed by atoms with Gasteiger partial charge in [0.1, 0.15) is 5.01 Å². The van der Waals surface area contributed by atoms with E-state index in [9.17, 15) is 13.2 Å². The van der Waals surface area contributed by atoms with Gasteiger partial charge in [-0.05, 0) is 12.6 Å². The van der Waals surface area contributed by atoms with Crippen molar-refractivity contribution >= 4 is 11.3 Å². The third-order valence-corrected chi connectivity index (χ3v) is 3.62. The van der Waals surface area contributed by atoms with Crippen molar-refractivity contribution in [1.29, 1.82) is 0 Å². The van der Waals surface area contributed by atoms with E-state index in [1.165, 1.54) is 0 Å². The number of alkyl halides is 3. The van der Waals surface area contributed by atoms with Crippen molar-refractivity contribution in [3.63, 3.8) is 0 Å². The summed E-state index contributed by atoms with van der Waals surface area (Å²) in [7, 11) is 1.75. The molecule has 19 heavy (non-hydrogen) atoms. The molecule has 0 bridgehead atoms. The number of nitrogens with zero attached hydrogens (tertiary/aromatic N) is 1. The molecule has 102 valence electrons. The number of thiazole rings is 1. The number of hydrogen-bond donors (Lipinski definition) is 1. The van der Waals surface area contributed by atoms with Crippen LogP contribution in [0, 0.1) is 0 Å². The molecule has 6 heteroatoms. The predicted octanol–water partition coefficient (Wildman–Crippen LogP) is 3.63. The average Bonchev–Trinajstić information content (AvgIpc) is 2.71. The van der Waals surface area contributed by atoms with Gasteiger partial charge in [-0.2, -0.15) is 13.2 Å². The minimum atomic E-state index is -4.22. The zero-order chi connectivity index (χ0) is 13.9. The Morgan fingerprint density at radius 1 is 1.21 bits per heavy atom. The van der Waals surface area contributed by atoms with Crippen molar-refractivity contribution in [3.05, 3.63) is 41.0 Å². The standard InChI is InChI=1S/C13H13F3N2S/c1-17-8-10-12(9-5-3-2-4-6-9)19-11(18-10)7-13(14,15)16/h2-6,17H,7-8H2,1H3. The summed E-state index contributed by atoms with van der Waals surface area (Å²) in [6.07, 6.45) is -5.19. The molecule has 0 aliphatic carbocycles. The van der Waals surface area contributed by atoms with Gasteiger partial charge in [0.05, 0.1) is 17.0 Å². The van der Waals surface area contributed by atoms with Crippen LogP contribution < -0.4 is 5.32 Å².